The van der Waals surface area contributed by atoms with Gasteiger partial charge in [0.05, 0.1) is 12.6 Å². The molecule has 0 unspecified atom stereocenters. The van der Waals surface area contributed by atoms with Crippen molar-refractivity contribution in [2.24, 2.45) is 0 Å². The smallest absolute Gasteiger partial charge is 0.259 e. The first-order valence-electron chi connectivity index (χ1n) is 6.83. The number of β-lactam (4-membered cyclic amide) rings is 1. The van der Waals surface area contributed by atoms with Gasteiger partial charge in [0, 0.05) is 20.1 Å². The highest BCUT2D eigenvalue weighted by Gasteiger charge is 2.59. The van der Waals surface area contributed by atoms with E-state index in [1.54, 1.807) is 4.90 Å². The van der Waals surface area contributed by atoms with Gasteiger partial charge >= 0.3 is 0 Å². The van der Waals surface area contributed by atoms with Crippen molar-refractivity contribution in [1.29, 1.82) is 0 Å². The maximum absolute atomic E-state index is 12.3. The molecule has 0 bridgehead atoms. The fourth-order valence-electron chi connectivity index (χ4n) is 2.67. The van der Waals surface area contributed by atoms with Crippen LogP contribution in [0.4, 0.5) is 0 Å². The van der Waals surface area contributed by atoms with Crippen molar-refractivity contribution in [3.8, 4) is 12.3 Å². The van der Waals surface area contributed by atoms with Crippen molar-refractivity contribution in [2.75, 3.05) is 20.3 Å². The third-order valence-corrected chi connectivity index (χ3v) is 3.78. The van der Waals surface area contributed by atoms with E-state index in [0.29, 0.717) is 0 Å². The second kappa shape index (κ2) is 6.57. The molecule has 1 amide bonds. The number of nitrogens with zero attached hydrogens (tertiary/aromatic N) is 1. The molecule has 110 valence electrons. The second-order valence-corrected chi connectivity index (χ2v) is 4.91. The van der Waals surface area contributed by atoms with Crippen LogP contribution < -0.4 is 0 Å². The molecule has 0 aliphatic carbocycles. The van der Waals surface area contributed by atoms with Gasteiger partial charge in [-0.25, -0.2) is 0 Å². The summed E-state index contributed by atoms with van der Waals surface area (Å²) < 4.78 is 5.44. The zero-order valence-corrected chi connectivity index (χ0v) is 12.0. The van der Waals surface area contributed by atoms with Crippen LogP contribution in [0, 0.1) is 12.3 Å². The third kappa shape index (κ3) is 2.71. The first-order chi connectivity index (χ1) is 10.2. The number of β-amino-alcohol motifs (C(OH)–C–C–N with tert-alkyl or cyclic N) is 1. The Labute approximate surface area is 125 Å². The predicted octanol–water partition coefficient (Wildman–Crippen LogP) is 1.31. The molecule has 4 heteroatoms. The van der Waals surface area contributed by atoms with E-state index in [1.165, 1.54) is 7.11 Å². The minimum Gasteiger partial charge on any atom is -0.395 e. The van der Waals surface area contributed by atoms with E-state index >= 15 is 0 Å². The number of aliphatic hydroxyl groups excluding tert-OH is 1. The van der Waals surface area contributed by atoms with E-state index in [-0.39, 0.29) is 31.5 Å². The van der Waals surface area contributed by atoms with Crippen molar-refractivity contribution in [3.05, 3.63) is 42.0 Å². The molecule has 4 nitrogen and oxygen atoms in total. The molecule has 1 aliphatic heterocycles. The topological polar surface area (TPSA) is 49.8 Å². The summed E-state index contributed by atoms with van der Waals surface area (Å²) in [5.74, 6) is 2.35. The quantitative estimate of drug-likeness (QED) is 0.633. The molecule has 1 fully saturated rings. The van der Waals surface area contributed by atoms with E-state index in [9.17, 15) is 4.79 Å². The summed E-state index contributed by atoms with van der Waals surface area (Å²) in [5, 5.41) is 9.10. The first-order valence-corrected chi connectivity index (χ1v) is 6.83. The number of aliphatic hydroxyl groups is 1. The Morgan fingerprint density at radius 1 is 1.48 bits per heavy atom. The van der Waals surface area contributed by atoms with Crippen LogP contribution in [0.2, 0.25) is 0 Å². The van der Waals surface area contributed by atoms with Crippen molar-refractivity contribution < 1.29 is 14.6 Å². The Morgan fingerprint density at radius 3 is 2.76 bits per heavy atom. The molecule has 1 aliphatic rings. The van der Waals surface area contributed by atoms with Crippen LogP contribution in [0.1, 0.15) is 12.0 Å². The number of carbonyl (C=O) groups excluding carboxylic acids is 1. The van der Waals surface area contributed by atoms with Gasteiger partial charge in [0.25, 0.3) is 5.91 Å². The summed E-state index contributed by atoms with van der Waals surface area (Å²) in [5.41, 5.74) is 0.0290. The normalized spacial score (nSPS) is 24.9. The molecule has 0 saturated carbocycles. The number of hydrogen-bond acceptors (Lipinski definition) is 3. The molecule has 1 aromatic carbocycles. The van der Waals surface area contributed by atoms with Crippen LogP contribution in [0.15, 0.2) is 36.4 Å². The standard InChI is InChI=1S/C17H19NO3/c1-3-11-17(21-2)15(18(12-13-19)16(17)20)10-9-14-7-5-4-6-8-14/h1,4-10,15,19H,11-13H2,2H3/b10-9+/t15-,17+/m0/s1. The average molecular weight is 285 g/mol. The van der Waals surface area contributed by atoms with Crippen LogP contribution >= 0.6 is 0 Å². The molecule has 1 saturated heterocycles. The maximum atomic E-state index is 12.3. The van der Waals surface area contributed by atoms with E-state index < -0.39 is 5.60 Å². The number of terminal acetylenes is 1. The Balaban J connectivity index is 2.25. The zero-order chi connectivity index (χ0) is 15.3. The molecular formula is C17H19NO3. The van der Waals surface area contributed by atoms with Crippen LogP contribution in [-0.2, 0) is 9.53 Å². The highest BCUT2D eigenvalue weighted by atomic mass is 16.5. The Morgan fingerprint density at radius 2 is 2.19 bits per heavy atom. The van der Waals surface area contributed by atoms with Crippen molar-refractivity contribution in [3.63, 3.8) is 0 Å². The Kier molecular flexibility index (Phi) is 4.79. The summed E-state index contributed by atoms with van der Waals surface area (Å²) >= 11 is 0. The van der Waals surface area contributed by atoms with Gasteiger partial charge in [-0.05, 0) is 5.56 Å². The van der Waals surface area contributed by atoms with Crippen molar-refractivity contribution in [2.45, 2.75) is 18.1 Å². The van der Waals surface area contributed by atoms with Crippen molar-refractivity contribution >= 4 is 12.0 Å². The summed E-state index contributed by atoms with van der Waals surface area (Å²) in [6.07, 6.45) is 9.44. The number of hydrogen-bond donors (Lipinski definition) is 1. The van der Waals surface area contributed by atoms with E-state index in [0.717, 1.165) is 5.56 Å². The van der Waals surface area contributed by atoms with Gasteiger partial charge < -0.3 is 14.7 Å². The predicted molar refractivity (Wildman–Crippen MR) is 81.3 cm³/mol. The molecule has 2 rings (SSSR count). The molecule has 0 spiro atoms. The zero-order valence-electron chi connectivity index (χ0n) is 12.0. The largest absolute Gasteiger partial charge is 0.395 e. The third-order valence-electron chi connectivity index (χ3n) is 3.78. The molecule has 0 aromatic heterocycles. The summed E-state index contributed by atoms with van der Waals surface area (Å²) in [7, 11) is 1.49. The SMILES string of the molecule is C#CC[C@]1(OC)C(=O)N(CCO)[C@H]1/C=C/c1ccccc1. The summed E-state index contributed by atoms with van der Waals surface area (Å²) in [6, 6.07) is 9.52. The lowest BCUT2D eigenvalue weighted by atomic mass is 9.79. The van der Waals surface area contributed by atoms with Gasteiger partial charge in [0.15, 0.2) is 5.60 Å². The second-order valence-electron chi connectivity index (χ2n) is 4.91. The lowest BCUT2D eigenvalue weighted by Gasteiger charge is -2.53. The molecule has 1 heterocycles. The fourth-order valence-corrected chi connectivity index (χ4v) is 2.67. The number of amides is 1. The number of methoxy groups -OCH3 is 1. The van der Waals surface area contributed by atoms with E-state index in [2.05, 4.69) is 5.92 Å². The van der Waals surface area contributed by atoms with Crippen molar-refractivity contribution in [1.82, 2.24) is 4.90 Å². The first kappa shape index (κ1) is 15.3. The average Bonchev–Trinajstić information content (AvgIpc) is 2.53. The van der Waals surface area contributed by atoms with Crippen LogP contribution in [0.5, 0.6) is 0 Å². The highest BCUT2D eigenvalue weighted by Crippen LogP contribution is 2.37. The Hall–Kier alpha value is -2.09. The number of carbonyl (C=O) groups is 1. The maximum Gasteiger partial charge on any atom is 0.259 e. The minimum atomic E-state index is -1.00. The fraction of sp³-hybridized carbons (Fsp3) is 0.353. The van der Waals surface area contributed by atoms with Crippen LogP contribution in [-0.4, -0.2) is 47.8 Å². The lowest BCUT2D eigenvalue weighted by Crippen LogP contribution is -2.74. The number of benzene rings is 1. The van der Waals surface area contributed by atoms with E-state index in [1.807, 2.05) is 42.5 Å². The molecule has 0 radical (unpaired) electrons. The monoisotopic (exact) mass is 285 g/mol. The van der Waals surface area contributed by atoms with Crippen LogP contribution in [0.25, 0.3) is 6.08 Å². The molecule has 2 atom stereocenters. The Bertz CT molecular complexity index is 561. The van der Waals surface area contributed by atoms with Gasteiger partial charge in [-0.2, -0.15) is 0 Å². The summed E-state index contributed by atoms with van der Waals surface area (Å²) in [4.78, 5) is 13.9. The molecule has 1 N–H and O–H groups in total. The van der Waals surface area contributed by atoms with Gasteiger partial charge in [0.2, 0.25) is 0 Å². The number of likely N-dealkylation sites (tertiary alicyclic amines) is 1. The highest BCUT2D eigenvalue weighted by molar-refractivity contribution is 5.94. The summed E-state index contributed by atoms with van der Waals surface area (Å²) in [6.45, 7) is 0.190. The van der Waals surface area contributed by atoms with Gasteiger partial charge in [-0.3, -0.25) is 4.79 Å². The molecule has 21 heavy (non-hydrogen) atoms. The number of ether oxygens (including phenoxy) is 1. The number of rotatable bonds is 6. The van der Waals surface area contributed by atoms with Crippen LogP contribution in [0.3, 0.4) is 0 Å². The molecular weight excluding hydrogens is 266 g/mol. The minimum absolute atomic E-state index is 0.0860. The van der Waals surface area contributed by atoms with E-state index in [4.69, 9.17) is 16.3 Å². The van der Waals surface area contributed by atoms with Gasteiger partial charge in [-0.1, -0.05) is 42.5 Å². The molecule has 1 aromatic rings. The van der Waals surface area contributed by atoms with Gasteiger partial charge in [-0.15, -0.1) is 12.3 Å². The lowest BCUT2D eigenvalue weighted by molar-refractivity contribution is -0.191. The van der Waals surface area contributed by atoms with Gasteiger partial charge in [0.1, 0.15) is 0 Å².